The molecule has 0 amide bonds. The Hall–Kier alpha value is -1.67. The Morgan fingerprint density at radius 1 is 0.774 bits per heavy atom. The number of benzene rings is 1. The standard InChI is InChI=1S/C24H41NO6/c1-21(25)22-10-12-23(13-11-22)31-16-8-3-2-6-14-28-17-19-30-20-18-29-15-7-4-5-9-24(26)27/h10-13,21H,2-9,14-20,25H2,1H3,(H,26,27)/t21-/m1/s1. The molecule has 7 nitrogen and oxygen atoms in total. The lowest BCUT2D eigenvalue weighted by Gasteiger charge is -2.09. The van der Waals surface area contributed by atoms with Crippen molar-refractivity contribution in [2.45, 2.75) is 64.3 Å². The fourth-order valence-corrected chi connectivity index (χ4v) is 2.92. The molecule has 1 rings (SSSR count). The average molecular weight is 440 g/mol. The molecule has 0 bridgehead atoms. The number of rotatable bonds is 21. The van der Waals surface area contributed by atoms with Crippen molar-refractivity contribution in [3.63, 3.8) is 0 Å². The van der Waals surface area contributed by atoms with Crippen molar-refractivity contribution in [2.24, 2.45) is 5.73 Å². The summed E-state index contributed by atoms with van der Waals surface area (Å²) in [6.45, 7) is 6.44. The number of carboxylic acid groups (broad SMARTS) is 1. The molecule has 0 unspecified atom stereocenters. The van der Waals surface area contributed by atoms with Crippen molar-refractivity contribution in [3.05, 3.63) is 29.8 Å². The van der Waals surface area contributed by atoms with Crippen LogP contribution in [0.25, 0.3) is 0 Å². The van der Waals surface area contributed by atoms with Crippen molar-refractivity contribution in [2.75, 3.05) is 46.2 Å². The maximum absolute atomic E-state index is 10.4. The molecule has 0 radical (unpaired) electrons. The van der Waals surface area contributed by atoms with Crippen LogP contribution in [0.5, 0.6) is 5.75 Å². The van der Waals surface area contributed by atoms with E-state index in [1.165, 1.54) is 0 Å². The summed E-state index contributed by atoms with van der Waals surface area (Å²) in [7, 11) is 0. The van der Waals surface area contributed by atoms with Crippen LogP contribution in [0, 0.1) is 0 Å². The van der Waals surface area contributed by atoms with Gasteiger partial charge in [-0.15, -0.1) is 0 Å². The van der Waals surface area contributed by atoms with E-state index in [9.17, 15) is 4.79 Å². The highest BCUT2D eigenvalue weighted by atomic mass is 16.5. The lowest BCUT2D eigenvalue weighted by molar-refractivity contribution is -0.137. The van der Waals surface area contributed by atoms with Crippen LogP contribution in [0.3, 0.4) is 0 Å². The smallest absolute Gasteiger partial charge is 0.303 e. The van der Waals surface area contributed by atoms with Gasteiger partial charge in [0, 0.05) is 25.7 Å². The molecule has 0 spiro atoms. The van der Waals surface area contributed by atoms with E-state index in [-0.39, 0.29) is 12.5 Å². The minimum atomic E-state index is -0.734. The van der Waals surface area contributed by atoms with Crippen molar-refractivity contribution < 1.29 is 28.8 Å². The Balaban J connectivity index is 1.75. The van der Waals surface area contributed by atoms with Gasteiger partial charge in [0.2, 0.25) is 0 Å². The first-order chi connectivity index (χ1) is 15.1. The minimum absolute atomic E-state index is 0.0519. The topological polar surface area (TPSA) is 100 Å². The van der Waals surface area contributed by atoms with Gasteiger partial charge in [-0.3, -0.25) is 4.79 Å². The fraction of sp³-hybridized carbons (Fsp3) is 0.708. The maximum Gasteiger partial charge on any atom is 0.303 e. The lowest BCUT2D eigenvalue weighted by Crippen LogP contribution is -2.10. The quantitative estimate of drug-likeness (QED) is 0.275. The van der Waals surface area contributed by atoms with E-state index in [1.54, 1.807) is 0 Å². The predicted molar refractivity (Wildman–Crippen MR) is 122 cm³/mol. The van der Waals surface area contributed by atoms with Crippen LogP contribution in [0.4, 0.5) is 0 Å². The van der Waals surface area contributed by atoms with Gasteiger partial charge in [-0.05, 0) is 56.7 Å². The van der Waals surface area contributed by atoms with Gasteiger partial charge < -0.3 is 29.8 Å². The zero-order chi connectivity index (χ0) is 22.6. The first-order valence-corrected chi connectivity index (χ1v) is 11.5. The predicted octanol–water partition coefficient (Wildman–Crippen LogP) is 4.34. The van der Waals surface area contributed by atoms with Crippen LogP contribution >= 0.6 is 0 Å². The number of carboxylic acids is 1. The summed E-state index contributed by atoms with van der Waals surface area (Å²) in [5.41, 5.74) is 6.96. The third-order valence-electron chi connectivity index (χ3n) is 4.78. The van der Waals surface area contributed by atoms with Crippen molar-refractivity contribution >= 4 is 5.97 Å². The monoisotopic (exact) mass is 439 g/mol. The second-order valence-electron chi connectivity index (χ2n) is 7.66. The zero-order valence-corrected chi connectivity index (χ0v) is 19.1. The Kier molecular flexibility index (Phi) is 16.8. The molecular weight excluding hydrogens is 398 g/mol. The summed E-state index contributed by atoms with van der Waals surface area (Å²) in [6.07, 6.45) is 7.08. The Bertz CT molecular complexity index is 550. The highest BCUT2D eigenvalue weighted by Gasteiger charge is 2.00. The summed E-state index contributed by atoms with van der Waals surface area (Å²) < 4.78 is 22.2. The summed E-state index contributed by atoms with van der Waals surface area (Å²) in [5.74, 6) is 0.163. The molecule has 0 aliphatic rings. The number of hydrogen-bond donors (Lipinski definition) is 2. The fourth-order valence-electron chi connectivity index (χ4n) is 2.92. The van der Waals surface area contributed by atoms with Gasteiger partial charge in [0.05, 0.1) is 33.0 Å². The molecule has 0 aliphatic carbocycles. The van der Waals surface area contributed by atoms with Crippen molar-refractivity contribution in [1.29, 1.82) is 0 Å². The first kappa shape index (κ1) is 27.4. The van der Waals surface area contributed by atoms with Crippen LogP contribution in [-0.4, -0.2) is 57.3 Å². The third kappa shape index (κ3) is 16.7. The van der Waals surface area contributed by atoms with E-state index in [2.05, 4.69) is 0 Å². The van der Waals surface area contributed by atoms with Gasteiger partial charge in [-0.25, -0.2) is 0 Å². The largest absolute Gasteiger partial charge is 0.494 e. The van der Waals surface area contributed by atoms with Crippen molar-refractivity contribution in [3.8, 4) is 5.75 Å². The first-order valence-electron chi connectivity index (χ1n) is 11.5. The van der Waals surface area contributed by atoms with E-state index >= 15 is 0 Å². The number of carbonyl (C=O) groups is 1. The molecule has 1 aromatic rings. The molecule has 1 aromatic carbocycles. The van der Waals surface area contributed by atoms with Gasteiger partial charge >= 0.3 is 5.97 Å². The second kappa shape index (κ2) is 19.0. The van der Waals surface area contributed by atoms with Crippen LogP contribution in [0.1, 0.15) is 69.9 Å². The molecule has 7 heteroatoms. The van der Waals surface area contributed by atoms with E-state index < -0.39 is 5.97 Å². The summed E-state index contributed by atoms with van der Waals surface area (Å²) >= 11 is 0. The SMILES string of the molecule is C[C@@H](N)c1ccc(OCCCCCCOCCOCCOCCCCCC(=O)O)cc1. The van der Waals surface area contributed by atoms with E-state index in [4.69, 9.17) is 29.8 Å². The molecular formula is C24H41NO6. The Morgan fingerprint density at radius 3 is 1.77 bits per heavy atom. The zero-order valence-electron chi connectivity index (χ0n) is 19.1. The third-order valence-corrected chi connectivity index (χ3v) is 4.78. The summed E-state index contributed by atoms with van der Waals surface area (Å²) in [4.78, 5) is 10.4. The molecule has 31 heavy (non-hydrogen) atoms. The van der Waals surface area contributed by atoms with E-state index in [0.29, 0.717) is 39.5 Å². The Labute approximate surface area is 187 Å². The molecule has 0 saturated heterocycles. The molecule has 1 atom stereocenters. The van der Waals surface area contributed by atoms with Gasteiger partial charge in [-0.2, -0.15) is 0 Å². The number of nitrogens with two attached hydrogens (primary N) is 1. The van der Waals surface area contributed by atoms with Crippen LogP contribution in [0.15, 0.2) is 24.3 Å². The second-order valence-corrected chi connectivity index (χ2v) is 7.66. The molecule has 0 aromatic heterocycles. The minimum Gasteiger partial charge on any atom is -0.494 e. The number of hydrogen-bond acceptors (Lipinski definition) is 6. The molecule has 0 aliphatic heterocycles. The average Bonchev–Trinajstić information content (AvgIpc) is 2.75. The normalized spacial score (nSPS) is 12.1. The van der Waals surface area contributed by atoms with Gasteiger partial charge in [-0.1, -0.05) is 25.0 Å². The highest BCUT2D eigenvalue weighted by Crippen LogP contribution is 2.16. The van der Waals surface area contributed by atoms with Crippen LogP contribution in [0.2, 0.25) is 0 Å². The number of aliphatic carboxylic acids is 1. The molecule has 3 N–H and O–H groups in total. The molecule has 178 valence electrons. The molecule has 0 saturated carbocycles. The molecule has 0 fully saturated rings. The van der Waals surface area contributed by atoms with Crippen LogP contribution < -0.4 is 10.5 Å². The van der Waals surface area contributed by atoms with Gasteiger partial charge in [0.15, 0.2) is 0 Å². The molecule has 0 heterocycles. The summed E-state index contributed by atoms with van der Waals surface area (Å²) in [5, 5.41) is 8.54. The number of ether oxygens (including phenoxy) is 4. The van der Waals surface area contributed by atoms with Crippen LogP contribution in [-0.2, 0) is 19.0 Å². The van der Waals surface area contributed by atoms with Gasteiger partial charge in [0.1, 0.15) is 5.75 Å². The highest BCUT2D eigenvalue weighted by molar-refractivity contribution is 5.66. The van der Waals surface area contributed by atoms with Crippen molar-refractivity contribution in [1.82, 2.24) is 0 Å². The maximum atomic E-state index is 10.4. The van der Waals surface area contributed by atoms with E-state index in [1.807, 2.05) is 31.2 Å². The lowest BCUT2D eigenvalue weighted by atomic mass is 10.1. The summed E-state index contributed by atoms with van der Waals surface area (Å²) in [6, 6.07) is 8.04. The van der Waals surface area contributed by atoms with Gasteiger partial charge in [0.25, 0.3) is 0 Å². The Morgan fingerprint density at radius 2 is 1.26 bits per heavy atom. The van der Waals surface area contributed by atoms with E-state index in [0.717, 1.165) is 63.1 Å². The number of unbranched alkanes of at least 4 members (excludes halogenated alkanes) is 5.